The minimum absolute atomic E-state index is 0.305. The van der Waals surface area contributed by atoms with Gasteiger partial charge in [0.1, 0.15) is 17.6 Å². The number of rotatable bonds is 6. The number of ether oxygens (including phenoxy) is 1. The van der Waals surface area contributed by atoms with Gasteiger partial charge < -0.3 is 15.4 Å². The van der Waals surface area contributed by atoms with E-state index in [0.29, 0.717) is 11.3 Å². The Labute approximate surface area is 153 Å². The minimum Gasteiger partial charge on any atom is -0.481 e. The molecule has 0 spiro atoms. The highest BCUT2D eigenvalue weighted by Crippen LogP contribution is 2.22. The van der Waals surface area contributed by atoms with Crippen molar-refractivity contribution in [2.75, 3.05) is 7.05 Å². The molecule has 0 aliphatic carbocycles. The first kappa shape index (κ1) is 18.9. The molecule has 0 aromatic heterocycles. The van der Waals surface area contributed by atoms with Crippen LogP contribution in [0.2, 0.25) is 0 Å². The zero-order chi connectivity index (χ0) is 18.6. The van der Waals surface area contributed by atoms with Crippen molar-refractivity contribution in [1.29, 1.82) is 0 Å². The molecule has 132 valence electrons. The van der Waals surface area contributed by atoms with Crippen LogP contribution in [0.25, 0.3) is 0 Å². The van der Waals surface area contributed by atoms with Gasteiger partial charge >= 0.3 is 0 Å². The number of primary amides is 1. The van der Waals surface area contributed by atoms with E-state index in [-0.39, 0.29) is 0 Å². The number of hydrogen-bond donors (Lipinski definition) is 1. The van der Waals surface area contributed by atoms with Crippen LogP contribution in [0.5, 0.6) is 5.75 Å². The summed E-state index contributed by atoms with van der Waals surface area (Å²) in [5.41, 5.74) is 5.73. The average molecular weight is 409 g/mol. The Morgan fingerprint density at radius 2 is 1.84 bits per heavy atom. The van der Waals surface area contributed by atoms with E-state index in [0.717, 1.165) is 4.47 Å². The van der Waals surface area contributed by atoms with Gasteiger partial charge in [0, 0.05) is 11.5 Å². The molecule has 0 saturated heterocycles. The molecule has 2 amide bonds. The molecular weight excluding hydrogens is 391 g/mol. The monoisotopic (exact) mass is 408 g/mol. The Hall–Kier alpha value is -2.41. The van der Waals surface area contributed by atoms with Crippen molar-refractivity contribution in [3.05, 3.63) is 64.4 Å². The smallest absolute Gasteiger partial charge is 0.264 e. The fourth-order valence-electron chi connectivity index (χ4n) is 2.44. The maximum atomic E-state index is 13.5. The van der Waals surface area contributed by atoms with Gasteiger partial charge in [-0.3, -0.25) is 9.59 Å². The SMILES string of the molecule is CC(Oc1ccc(Br)cc1)C(=O)N(C)C(C(N)=O)c1cccc(F)c1. The first-order chi connectivity index (χ1) is 11.8. The Bertz CT molecular complexity index is 767. The third kappa shape index (κ3) is 4.79. The molecule has 2 aromatic carbocycles. The topological polar surface area (TPSA) is 72.6 Å². The van der Waals surface area contributed by atoms with Crippen molar-refractivity contribution < 1.29 is 18.7 Å². The largest absolute Gasteiger partial charge is 0.481 e. The number of halogens is 2. The van der Waals surface area contributed by atoms with Crippen LogP contribution < -0.4 is 10.5 Å². The maximum absolute atomic E-state index is 13.5. The summed E-state index contributed by atoms with van der Waals surface area (Å²) in [4.78, 5) is 25.6. The molecule has 2 rings (SSSR count). The van der Waals surface area contributed by atoms with E-state index in [1.165, 1.54) is 30.1 Å². The molecule has 0 radical (unpaired) electrons. The Kier molecular flexibility index (Phi) is 6.14. The molecule has 0 fully saturated rings. The van der Waals surface area contributed by atoms with E-state index in [1.807, 2.05) is 0 Å². The summed E-state index contributed by atoms with van der Waals surface area (Å²) in [5, 5.41) is 0. The van der Waals surface area contributed by atoms with Gasteiger partial charge in [0.2, 0.25) is 5.91 Å². The van der Waals surface area contributed by atoms with Crippen molar-refractivity contribution in [2.24, 2.45) is 5.73 Å². The first-order valence-electron chi connectivity index (χ1n) is 7.53. The Morgan fingerprint density at radius 1 is 1.20 bits per heavy atom. The van der Waals surface area contributed by atoms with Crippen molar-refractivity contribution in [1.82, 2.24) is 4.90 Å². The van der Waals surface area contributed by atoms with Crippen LogP contribution in [0.1, 0.15) is 18.5 Å². The van der Waals surface area contributed by atoms with Crippen LogP contribution in [0, 0.1) is 5.82 Å². The highest BCUT2D eigenvalue weighted by Gasteiger charge is 2.30. The lowest BCUT2D eigenvalue weighted by Gasteiger charge is -2.28. The van der Waals surface area contributed by atoms with Gasteiger partial charge in [-0.25, -0.2) is 4.39 Å². The summed E-state index contributed by atoms with van der Waals surface area (Å²) in [6.45, 7) is 1.57. The second kappa shape index (κ2) is 8.11. The van der Waals surface area contributed by atoms with Crippen molar-refractivity contribution in [3.63, 3.8) is 0 Å². The van der Waals surface area contributed by atoms with E-state index in [4.69, 9.17) is 10.5 Å². The van der Waals surface area contributed by atoms with Crippen molar-refractivity contribution >= 4 is 27.7 Å². The van der Waals surface area contributed by atoms with Gasteiger partial charge in [-0.1, -0.05) is 28.1 Å². The molecule has 5 nitrogen and oxygen atoms in total. The van der Waals surface area contributed by atoms with Crippen LogP contribution in [-0.4, -0.2) is 29.9 Å². The quantitative estimate of drug-likeness (QED) is 0.797. The number of nitrogens with zero attached hydrogens (tertiary/aromatic N) is 1. The summed E-state index contributed by atoms with van der Waals surface area (Å²) in [7, 11) is 1.43. The zero-order valence-electron chi connectivity index (χ0n) is 13.8. The fourth-order valence-corrected chi connectivity index (χ4v) is 2.70. The van der Waals surface area contributed by atoms with Crippen molar-refractivity contribution in [3.8, 4) is 5.75 Å². The molecule has 2 aromatic rings. The van der Waals surface area contributed by atoms with E-state index < -0.39 is 29.8 Å². The number of carbonyl (C=O) groups excluding carboxylic acids is 2. The molecule has 0 heterocycles. The molecule has 2 unspecified atom stereocenters. The van der Waals surface area contributed by atoms with Crippen LogP contribution in [0.3, 0.4) is 0 Å². The highest BCUT2D eigenvalue weighted by atomic mass is 79.9. The highest BCUT2D eigenvalue weighted by molar-refractivity contribution is 9.10. The summed E-state index contributed by atoms with van der Waals surface area (Å²) in [6, 6.07) is 11.4. The number of hydrogen-bond acceptors (Lipinski definition) is 3. The first-order valence-corrected chi connectivity index (χ1v) is 8.32. The minimum atomic E-state index is -1.08. The van der Waals surface area contributed by atoms with E-state index in [2.05, 4.69) is 15.9 Å². The number of amides is 2. The van der Waals surface area contributed by atoms with Crippen LogP contribution >= 0.6 is 15.9 Å². The van der Waals surface area contributed by atoms with Crippen molar-refractivity contribution in [2.45, 2.75) is 19.1 Å². The third-order valence-corrected chi connectivity index (χ3v) is 4.17. The fraction of sp³-hybridized carbons (Fsp3) is 0.222. The predicted octanol–water partition coefficient (Wildman–Crippen LogP) is 3.04. The molecule has 0 aliphatic heterocycles. The average Bonchev–Trinajstić information content (AvgIpc) is 2.56. The predicted molar refractivity (Wildman–Crippen MR) is 95.3 cm³/mol. The van der Waals surface area contributed by atoms with Crippen LogP contribution in [0.4, 0.5) is 4.39 Å². The van der Waals surface area contributed by atoms with Gasteiger partial charge in [0.05, 0.1) is 0 Å². The molecule has 0 aliphatic rings. The van der Waals surface area contributed by atoms with Crippen LogP contribution in [0.15, 0.2) is 53.0 Å². The lowest BCUT2D eigenvalue weighted by atomic mass is 10.0. The number of nitrogens with two attached hydrogens (primary N) is 1. The van der Waals surface area contributed by atoms with E-state index in [9.17, 15) is 14.0 Å². The van der Waals surface area contributed by atoms with Gasteiger partial charge in [0.25, 0.3) is 5.91 Å². The summed E-state index contributed by atoms with van der Waals surface area (Å²) in [6.07, 6.45) is -0.846. The molecule has 7 heteroatoms. The van der Waals surface area contributed by atoms with E-state index >= 15 is 0 Å². The van der Waals surface area contributed by atoms with E-state index in [1.54, 1.807) is 37.3 Å². The lowest BCUT2D eigenvalue weighted by Crippen LogP contribution is -2.44. The number of benzene rings is 2. The van der Waals surface area contributed by atoms with Crippen LogP contribution in [-0.2, 0) is 9.59 Å². The summed E-state index contributed by atoms with van der Waals surface area (Å²) < 4.78 is 19.9. The molecule has 2 atom stereocenters. The lowest BCUT2D eigenvalue weighted by molar-refractivity contribution is -0.143. The molecule has 0 saturated carbocycles. The van der Waals surface area contributed by atoms with Gasteiger partial charge in [-0.2, -0.15) is 0 Å². The van der Waals surface area contributed by atoms with Gasteiger partial charge in [0.15, 0.2) is 6.10 Å². The summed E-state index contributed by atoms with van der Waals surface area (Å²) in [5.74, 6) is -1.20. The second-order valence-corrected chi connectivity index (χ2v) is 6.44. The number of likely N-dealkylation sites (N-methyl/N-ethyl adjacent to an activating group) is 1. The van der Waals surface area contributed by atoms with Gasteiger partial charge in [-0.05, 0) is 48.9 Å². The Balaban J connectivity index is 2.17. The molecular formula is C18H18BrFN2O3. The molecule has 0 bridgehead atoms. The standard InChI is InChI=1S/C18H18BrFN2O3/c1-11(25-15-8-6-13(19)7-9-15)18(24)22(2)16(17(21)23)12-4-3-5-14(20)10-12/h3-11,16H,1-2H3,(H2,21,23). The third-order valence-electron chi connectivity index (χ3n) is 3.64. The number of carbonyl (C=O) groups is 2. The normalized spacial score (nSPS) is 13.0. The second-order valence-electron chi connectivity index (χ2n) is 5.52. The van der Waals surface area contributed by atoms with Gasteiger partial charge in [-0.15, -0.1) is 0 Å². The molecule has 25 heavy (non-hydrogen) atoms. The zero-order valence-corrected chi connectivity index (χ0v) is 15.4. The Morgan fingerprint density at radius 3 is 2.40 bits per heavy atom. The maximum Gasteiger partial charge on any atom is 0.264 e. The summed E-state index contributed by atoms with van der Waals surface area (Å²) >= 11 is 3.32. The molecule has 2 N–H and O–H groups in total.